The van der Waals surface area contributed by atoms with Gasteiger partial charge in [-0.05, 0) is 24.3 Å². The number of hydrogen-bond acceptors (Lipinski definition) is 5. The van der Waals surface area contributed by atoms with Crippen LogP contribution in [0.5, 0.6) is 0 Å². The summed E-state index contributed by atoms with van der Waals surface area (Å²) in [5.74, 6) is 0. The average molecular weight is 293 g/mol. The highest BCUT2D eigenvalue weighted by molar-refractivity contribution is 7.89. The van der Waals surface area contributed by atoms with Crippen molar-refractivity contribution in [2.24, 2.45) is 0 Å². The lowest BCUT2D eigenvalue weighted by Crippen LogP contribution is -2.29. The molecular formula is C11H19NO4S2. The maximum atomic E-state index is 12.4. The molecule has 5 nitrogen and oxygen atoms in total. The van der Waals surface area contributed by atoms with E-state index in [2.05, 4.69) is 0 Å². The Labute approximate surface area is 112 Å². The topological polar surface area (TPSA) is 66.8 Å². The summed E-state index contributed by atoms with van der Waals surface area (Å²) < 4.78 is 30.9. The van der Waals surface area contributed by atoms with Crippen molar-refractivity contribution < 1.29 is 18.3 Å². The molecule has 0 bridgehead atoms. The van der Waals surface area contributed by atoms with Crippen molar-refractivity contribution in [3.05, 3.63) is 15.8 Å². The van der Waals surface area contributed by atoms with E-state index >= 15 is 0 Å². The number of methoxy groups -OCH3 is 1. The summed E-state index contributed by atoms with van der Waals surface area (Å²) >= 11 is 1.27. The molecule has 0 spiro atoms. The maximum Gasteiger partial charge on any atom is 0.244 e. The van der Waals surface area contributed by atoms with Crippen LogP contribution in [0.3, 0.4) is 0 Å². The van der Waals surface area contributed by atoms with Crippen molar-refractivity contribution in [2.45, 2.75) is 24.8 Å². The fraction of sp³-hybridized carbons (Fsp3) is 0.636. The molecule has 0 atom stereocenters. The van der Waals surface area contributed by atoms with E-state index in [1.165, 1.54) is 15.6 Å². The number of thiophene rings is 1. The fourth-order valence-corrected chi connectivity index (χ4v) is 4.46. The van der Waals surface area contributed by atoms with Gasteiger partial charge < -0.3 is 9.84 Å². The summed E-state index contributed by atoms with van der Waals surface area (Å²) in [6.45, 7) is 2.41. The van der Waals surface area contributed by atoms with Crippen LogP contribution in [0.15, 0.2) is 10.3 Å². The predicted octanol–water partition coefficient (Wildman–Crippen LogP) is 1.21. The quantitative estimate of drug-likeness (QED) is 0.767. The average Bonchev–Trinajstić information content (AvgIpc) is 2.71. The first-order valence-electron chi connectivity index (χ1n) is 5.58. The number of rotatable bonds is 7. The Morgan fingerprint density at radius 1 is 1.50 bits per heavy atom. The van der Waals surface area contributed by atoms with E-state index in [-0.39, 0.29) is 11.5 Å². The Morgan fingerprint density at radius 3 is 2.72 bits per heavy atom. The van der Waals surface area contributed by atoms with Crippen LogP contribution in [-0.4, -0.2) is 45.1 Å². The van der Waals surface area contributed by atoms with Crippen LogP contribution in [0, 0.1) is 6.92 Å². The van der Waals surface area contributed by atoms with E-state index in [1.54, 1.807) is 26.5 Å². The van der Waals surface area contributed by atoms with Gasteiger partial charge in [0.05, 0.1) is 11.5 Å². The molecule has 0 fully saturated rings. The number of nitrogens with zero attached hydrogens (tertiary/aromatic N) is 1. The normalized spacial score (nSPS) is 12.3. The Bertz CT molecular complexity index is 481. The molecule has 1 heterocycles. The Morgan fingerprint density at radius 2 is 2.17 bits per heavy atom. The third kappa shape index (κ3) is 3.30. The molecule has 104 valence electrons. The minimum atomic E-state index is -3.52. The summed E-state index contributed by atoms with van der Waals surface area (Å²) in [6.07, 6.45) is 0.643. The summed E-state index contributed by atoms with van der Waals surface area (Å²) in [5, 5.41) is 10.9. The van der Waals surface area contributed by atoms with Crippen LogP contribution >= 0.6 is 11.3 Å². The molecule has 0 unspecified atom stereocenters. The highest BCUT2D eigenvalue weighted by Gasteiger charge is 2.26. The molecule has 0 aliphatic carbocycles. The summed E-state index contributed by atoms with van der Waals surface area (Å²) in [7, 11) is -0.392. The van der Waals surface area contributed by atoms with Gasteiger partial charge in [0.1, 0.15) is 4.90 Å². The van der Waals surface area contributed by atoms with Crippen molar-refractivity contribution in [1.29, 1.82) is 0 Å². The number of aliphatic hydroxyl groups is 1. The van der Waals surface area contributed by atoms with E-state index in [9.17, 15) is 13.5 Å². The first kappa shape index (κ1) is 15.6. The van der Waals surface area contributed by atoms with Crippen molar-refractivity contribution in [3.63, 3.8) is 0 Å². The lowest BCUT2D eigenvalue weighted by atomic mass is 10.3. The maximum absolute atomic E-state index is 12.4. The van der Waals surface area contributed by atoms with Crippen molar-refractivity contribution in [3.8, 4) is 0 Å². The molecule has 7 heteroatoms. The molecule has 1 aromatic rings. The van der Waals surface area contributed by atoms with E-state index in [0.29, 0.717) is 30.0 Å². The molecule has 18 heavy (non-hydrogen) atoms. The van der Waals surface area contributed by atoms with Crippen LogP contribution in [0.25, 0.3) is 0 Å². The van der Waals surface area contributed by atoms with Crippen LogP contribution < -0.4 is 0 Å². The van der Waals surface area contributed by atoms with Gasteiger partial charge in [0.2, 0.25) is 10.0 Å². The first-order chi connectivity index (χ1) is 8.45. The molecule has 0 saturated heterocycles. The molecule has 0 aromatic carbocycles. The zero-order valence-electron chi connectivity index (χ0n) is 10.8. The zero-order valence-corrected chi connectivity index (χ0v) is 12.5. The number of aryl methyl sites for hydroxylation is 1. The van der Waals surface area contributed by atoms with E-state index < -0.39 is 10.0 Å². The predicted molar refractivity (Wildman–Crippen MR) is 71.3 cm³/mol. The molecule has 0 aliphatic rings. The fourth-order valence-electron chi connectivity index (χ4n) is 1.65. The standard InChI is InChI=1S/C11H19NO4S2/c1-9-8-17-10(7-13)11(9)18(14,15)12(2)5-4-6-16-3/h8,13H,4-7H2,1-3H3. The number of hydrogen-bond donors (Lipinski definition) is 1. The lowest BCUT2D eigenvalue weighted by molar-refractivity contribution is 0.189. The monoisotopic (exact) mass is 293 g/mol. The first-order valence-corrected chi connectivity index (χ1v) is 7.90. The van der Waals surface area contributed by atoms with Gasteiger partial charge in [0.25, 0.3) is 0 Å². The van der Waals surface area contributed by atoms with Crippen molar-refractivity contribution in [1.82, 2.24) is 4.31 Å². The zero-order chi connectivity index (χ0) is 13.8. The minimum Gasteiger partial charge on any atom is -0.391 e. The minimum absolute atomic E-state index is 0.245. The van der Waals surface area contributed by atoms with Gasteiger partial charge in [-0.3, -0.25) is 0 Å². The summed E-state index contributed by atoms with van der Waals surface area (Å²) in [5.41, 5.74) is 0.683. The lowest BCUT2D eigenvalue weighted by Gasteiger charge is -2.17. The third-order valence-corrected chi connectivity index (χ3v) is 5.93. The van der Waals surface area contributed by atoms with Crippen LogP contribution in [0.2, 0.25) is 0 Å². The Kier molecular flexibility index (Phi) is 5.74. The second-order valence-corrected chi connectivity index (χ2v) is 6.95. The van der Waals surface area contributed by atoms with Crippen LogP contribution in [0.1, 0.15) is 16.9 Å². The molecule has 1 N–H and O–H groups in total. The second-order valence-electron chi connectivity index (χ2n) is 4.00. The van der Waals surface area contributed by atoms with E-state index in [4.69, 9.17) is 4.74 Å². The molecular weight excluding hydrogens is 274 g/mol. The second kappa shape index (κ2) is 6.63. The highest BCUT2D eigenvalue weighted by Crippen LogP contribution is 2.29. The molecule has 1 aromatic heterocycles. The molecule has 0 aliphatic heterocycles. The van der Waals surface area contributed by atoms with Gasteiger partial charge in [-0.15, -0.1) is 11.3 Å². The van der Waals surface area contributed by atoms with E-state index in [1.807, 2.05) is 0 Å². The number of sulfonamides is 1. The molecule has 0 amide bonds. The van der Waals surface area contributed by atoms with Crippen LogP contribution in [-0.2, 0) is 21.4 Å². The van der Waals surface area contributed by atoms with Gasteiger partial charge in [-0.25, -0.2) is 12.7 Å². The van der Waals surface area contributed by atoms with Gasteiger partial charge in [0, 0.05) is 27.3 Å². The van der Waals surface area contributed by atoms with Gasteiger partial charge in [-0.2, -0.15) is 0 Å². The van der Waals surface area contributed by atoms with Crippen molar-refractivity contribution >= 4 is 21.4 Å². The van der Waals surface area contributed by atoms with E-state index in [0.717, 1.165) is 0 Å². The smallest absolute Gasteiger partial charge is 0.244 e. The van der Waals surface area contributed by atoms with Crippen molar-refractivity contribution in [2.75, 3.05) is 27.3 Å². The Balaban J connectivity index is 2.94. The summed E-state index contributed by atoms with van der Waals surface area (Å²) in [4.78, 5) is 0.737. The molecule has 1 rings (SSSR count). The molecule has 0 radical (unpaired) electrons. The van der Waals surface area contributed by atoms with Crippen LogP contribution in [0.4, 0.5) is 0 Å². The van der Waals surface area contributed by atoms with Gasteiger partial charge in [-0.1, -0.05) is 0 Å². The Hall–Kier alpha value is -0.470. The number of ether oxygens (including phenoxy) is 1. The largest absolute Gasteiger partial charge is 0.391 e. The molecule has 0 saturated carbocycles. The summed E-state index contributed by atoms with van der Waals surface area (Å²) in [6, 6.07) is 0. The van der Waals surface area contributed by atoms with Gasteiger partial charge in [0.15, 0.2) is 0 Å². The third-order valence-electron chi connectivity index (χ3n) is 2.62. The SMILES string of the molecule is COCCCN(C)S(=O)(=O)c1c(C)csc1CO. The number of aliphatic hydroxyl groups excluding tert-OH is 1. The highest BCUT2D eigenvalue weighted by atomic mass is 32.2. The van der Waals surface area contributed by atoms with Gasteiger partial charge >= 0.3 is 0 Å².